The van der Waals surface area contributed by atoms with Crippen LogP contribution in [0.25, 0.3) is 16.9 Å². The summed E-state index contributed by atoms with van der Waals surface area (Å²) in [6.07, 6.45) is 4.72. The molecule has 8 heteroatoms. The van der Waals surface area contributed by atoms with E-state index in [9.17, 15) is 14.7 Å². The molecule has 0 fully saturated rings. The van der Waals surface area contributed by atoms with Crippen LogP contribution < -0.4 is 10.9 Å². The van der Waals surface area contributed by atoms with E-state index < -0.39 is 12.0 Å². The van der Waals surface area contributed by atoms with Gasteiger partial charge in [0, 0.05) is 36.1 Å². The Morgan fingerprint density at radius 3 is 2.82 bits per heavy atom. The predicted molar refractivity (Wildman–Crippen MR) is 109 cm³/mol. The van der Waals surface area contributed by atoms with E-state index in [-0.39, 0.29) is 30.0 Å². The number of imidazole rings is 1. The van der Waals surface area contributed by atoms with Crippen molar-refractivity contribution in [3.63, 3.8) is 0 Å². The molecular weight excluding hydrogens is 380 g/mol. The molecule has 0 aliphatic heterocycles. The van der Waals surface area contributed by atoms with Gasteiger partial charge in [0.1, 0.15) is 5.69 Å². The lowest BCUT2D eigenvalue weighted by Crippen LogP contribution is -2.31. The fraction of sp³-hybridized carbons (Fsp3) is 0.250. The Hall–Kier alpha value is -2.90. The topological polar surface area (TPSA) is 88.6 Å². The van der Waals surface area contributed by atoms with Crippen LogP contribution in [0.5, 0.6) is 0 Å². The molecule has 28 heavy (non-hydrogen) atoms. The van der Waals surface area contributed by atoms with Crippen LogP contribution in [0.2, 0.25) is 5.02 Å². The van der Waals surface area contributed by atoms with Crippen LogP contribution in [0.15, 0.2) is 54.1 Å². The van der Waals surface area contributed by atoms with Crippen molar-refractivity contribution in [3.8, 4) is 11.3 Å². The van der Waals surface area contributed by atoms with Gasteiger partial charge >= 0.3 is 0 Å². The highest BCUT2D eigenvalue weighted by molar-refractivity contribution is 6.33. The molecule has 0 saturated carbocycles. The third kappa shape index (κ3) is 3.85. The molecule has 7 nitrogen and oxygen atoms in total. The van der Waals surface area contributed by atoms with Crippen LogP contribution in [0.4, 0.5) is 0 Å². The zero-order valence-electron chi connectivity index (χ0n) is 15.4. The van der Waals surface area contributed by atoms with Crippen molar-refractivity contribution in [1.29, 1.82) is 0 Å². The first-order valence-electron chi connectivity index (χ1n) is 8.90. The number of rotatable bonds is 7. The molecule has 0 saturated heterocycles. The number of carbonyl (C=O) groups is 1. The van der Waals surface area contributed by atoms with Gasteiger partial charge in [0.15, 0.2) is 0 Å². The second-order valence-corrected chi connectivity index (χ2v) is 6.73. The van der Waals surface area contributed by atoms with Gasteiger partial charge in [-0.05, 0) is 12.5 Å². The number of nitrogens with one attached hydrogen (secondary N) is 1. The lowest BCUT2D eigenvalue weighted by atomic mass is 10.1. The maximum Gasteiger partial charge on any atom is 0.295 e. The molecule has 1 aromatic carbocycles. The molecule has 1 atom stereocenters. The average Bonchev–Trinajstić information content (AvgIpc) is 3.13. The van der Waals surface area contributed by atoms with Crippen molar-refractivity contribution in [2.24, 2.45) is 0 Å². The third-order valence-corrected chi connectivity index (χ3v) is 4.71. The van der Waals surface area contributed by atoms with Gasteiger partial charge in [0.05, 0.1) is 11.8 Å². The number of aliphatic hydroxyl groups is 1. The summed E-state index contributed by atoms with van der Waals surface area (Å²) in [5.41, 5.74) is 1.15. The average molecular weight is 401 g/mol. The van der Waals surface area contributed by atoms with E-state index >= 15 is 0 Å². The van der Waals surface area contributed by atoms with Gasteiger partial charge in [0.25, 0.3) is 11.5 Å². The summed E-state index contributed by atoms with van der Waals surface area (Å²) in [5, 5.41) is 12.7. The van der Waals surface area contributed by atoms with E-state index in [4.69, 9.17) is 11.6 Å². The molecule has 1 unspecified atom stereocenters. The molecule has 1 amide bonds. The lowest BCUT2D eigenvalue weighted by Gasteiger charge is -2.13. The Balaban J connectivity index is 2.10. The second-order valence-electron chi connectivity index (χ2n) is 6.33. The molecule has 2 aromatic heterocycles. The van der Waals surface area contributed by atoms with Gasteiger partial charge in [-0.1, -0.05) is 42.8 Å². The fourth-order valence-corrected chi connectivity index (χ4v) is 3.06. The Kier molecular flexibility index (Phi) is 5.96. The molecule has 0 aliphatic carbocycles. The Morgan fingerprint density at radius 2 is 2.14 bits per heavy atom. The Bertz CT molecular complexity index is 1090. The number of hydrogen-bond donors (Lipinski definition) is 2. The highest BCUT2D eigenvalue weighted by atomic mass is 35.5. The molecule has 2 heterocycles. The lowest BCUT2D eigenvalue weighted by molar-refractivity contribution is 0.0909. The van der Waals surface area contributed by atoms with E-state index in [0.29, 0.717) is 22.7 Å². The number of nitrogens with zero attached hydrogens (tertiary/aromatic N) is 3. The third-order valence-electron chi connectivity index (χ3n) is 4.38. The van der Waals surface area contributed by atoms with Gasteiger partial charge < -0.3 is 10.4 Å². The van der Waals surface area contributed by atoms with Crippen molar-refractivity contribution < 1.29 is 9.90 Å². The smallest absolute Gasteiger partial charge is 0.295 e. The van der Waals surface area contributed by atoms with Crippen molar-refractivity contribution >= 4 is 23.2 Å². The van der Waals surface area contributed by atoms with Crippen molar-refractivity contribution in [2.75, 3.05) is 6.54 Å². The number of carbonyl (C=O) groups excluding carboxylic acids is 1. The van der Waals surface area contributed by atoms with Crippen molar-refractivity contribution in [3.05, 3.63) is 70.4 Å². The number of aliphatic hydroxyl groups excluding tert-OH is 1. The van der Waals surface area contributed by atoms with Gasteiger partial charge in [-0.3, -0.25) is 18.6 Å². The standard InChI is InChI=1S/C20H21ClN4O3/c1-3-9-25-17(14-7-5-6-8-15(14)21)12-24-11-16(23-18(24)20(25)28)19(27)22-10-13(26)4-2/h3,5-8,11-13,26H,1,4,9-10H2,2H3,(H,22,27). The summed E-state index contributed by atoms with van der Waals surface area (Å²) in [5.74, 6) is -0.454. The van der Waals surface area contributed by atoms with E-state index in [2.05, 4.69) is 16.9 Å². The molecule has 0 spiro atoms. The summed E-state index contributed by atoms with van der Waals surface area (Å²) in [7, 11) is 0. The minimum Gasteiger partial charge on any atom is -0.391 e. The summed E-state index contributed by atoms with van der Waals surface area (Å²) in [6.45, 7) is 5.92. The summed E-state index contributed by atoms with van der Waals surface area (Å²) >= 11 is 6.32. The van der Waals surface area contributed by atoms with Crippen LogP contribution >= 0.6 is 11.6 Å². The first kappa shape index (κ1) is 19.9. The zero-order chi connectivity index (χ0) is 20.3. The predicted octanol–water partition coefficient (Wildman–Crippen LogP) is 2.50. The summed E-state index contributed by atoms with van der Waals surface area (Å²) < 4.78 is 3.03. The number of halogens is 1. The minimum atomic E-state index is -0.627. The van der Waals surface area contributed by atoms with Gasteiger partial charge in [-0.15, -0.1) is 6.58 Å². The van der Waals surface area contributed by atoms with E-state index in [1.807, 2.05) is 25.1 Å². The van der Waals surface area contributed by atoms with Crippen LogP contribution in [-0.4, -0.2) is 37.6 Å². The fourth-order valence-electron chi connectivity index (χ4n) is 2.83. The number of benzene rings is 1. The molecule has 2 N–H and O–H groups in total. The highest BCUT2D eigenvalue weighted by Gasteiger charge is 2.18. The summed E-state index contributed by atoms with van der Waals surface area (Å²) in [6, 6.07) is 7.21. The first-order valence-corrected chi connectivity index (χ1v) is 9.28. The number of fused-ring (bicyclic) bond motifs is 1. The normalized spacial score (nSPS) is 12.1. The van der Waals surface area contributed by atoms with Crippen LogP contribution in [0, 0.1) is 0 Å². The number of hydrogen-bond acceptors (Lipinski definition) is 4. The maximum absolute atomic E-state index is 13.0. The quantitative estimate of drug-likeness (QED) is 0.596. The van der Waals surface area contributed by atoms with Gasteiger partial charge in [0.2, 0.25) is 5.65 Å². The number of amides is 1. The molecule has 0 aliphatic rings. The zero-order valence-corrected chi connectivity index (χ0v) is 16.2. The monoisotopic (exact) mass is 400 g/mol. The molecule has 3 rings (SSSR count). The molecule has 146 valence electrons. The molecular formula is C20H21ClN4O3. The van der Waals surface area contributed by atoms with Crippen molar-refractivity contribution in [2.45, 2.75) is 26.0 Å². The Morgan fingerprint density at radius 1 is 1.39 bits per heavy atom. The minimum absolute atomic E-state index is 0.0989. The van der Waals surface area contributed by atoms with E-state index in [1.54, 1.807) is 18.3 Å². The van der Waals surface area contributed by atoms with E-state index in [0.717, 1.165) is 0 Å². The molecule has 0 bridgehead atoms. The Labute approximate surface area is 166 Å². The van der Waals surface area contributed by atoms with Crippen LogP contribution in [-0.2, 0) is 6.54 Å². The first-order chi connectivity index (χ1) is 13.5. The highest BCUT2D eigenvalue weighted by Crippen LogP contribution is 2.27. The molecule has 3 aromatic rings. The maximum atomic E-state index is 13.0. The van der Waals surface area contributed by atoms with Crippen molar-refractivity contribution in [1.82, 2.24) is 19.3 Å². The largest absolute Gasteiger partial charge is 0.391 e. The number of aromatic nitrogens is 3. The van der Waals surface area contributed by atoms with Gasteiger partial charge in [-0.25, -0.2) is 4.98 Å². The number of allylic oxidation sites excluding steroid dienone is 1. The second kappa shape index (κ2) is 8.41. The van der Waals surface area contributed by atoms with Crippen LogP contribution in [0.1, 0.15) is 23.8 Å². The summed E-state index contributed by atoms with van der Waals surface area (Å²) in [4.78, 5) is 29.5. The van der Waals surface area contributed by atoms with Gasteiger partial charge in [-0.2, -0.15) is 0 Å². The molecule has 0 radical (unpaired) electrons. The van der Waals surface area contributed by atoms with E-state index in [1.165, 1.54) is 15.2 Å². The SMILES string of the molecule is C=CCn1c(-c2ccccc2Cl)cn2cc(C(=O)NCC(O)CC)nc2c1=O. The van der Waals surface area contributed by atoms with Crippen LogP contribution in [0.3, 0.4) is 0 Å².